The van der Waals surface area contributed by atoms with Crippen molar-refractivity contribution in [2.45, 2.75) is 34.2 Å². The average molecular weight is 265 g/mol. The number of hydrogen-bond donors (Lipinski definition) is 1. The monoisotopic (exact) mass is 265 g/mol. The fourth-order valence-corrected chi connectivity index (χ4v) is 2.43. The quantitative estimate of drug-likeness (QED) is 0.920. The number of nitrogens with one attached hydrogen (secondary N) is 1. The Labute approximate surface area is 109 Å². The SMILES string of the molecule is CCn1nc(C)c(C(=O)Nc2nnc(C)s2)c1C. The molecule has 1 amide bonds. The number of nitrogens with zero attached hydrogens (tertiary/aromatic N) is 4. The lowest BCUT2D eigenvalue weighted by Gasteiger charge is -2.02. The predicted molar refractivity (Wildman–Crippen MR) is 70.0 cm³/mol. The van der Waals surface area contributed by atoms with Crippen LogP contribution in [0, 0.1) is 20.8 Å². The van der Waals surface area contributed by atoms with Gasteiger partial charge in [0.2, 0.25) is 5.13 Å². The van der Waals surface area contributed by atoms with Gasteiger partial charge >= 0.3 is 0 Å². The fourth-order valence-electron chi connectivity index (χ4n) is 1.84. The van der Waals surface area contributed by atoms with Gasteiger partial charge in [0.05, 0.1) is 11.3 Å². The molecular formula is C11H15N5OS. The van der Waals surface area contributed by atoms with E-state index in [2.05, 4.69) is 20.6 Å². The van der Waals surface area contributed by atoms with Crippen LogP contribution >= 0.6 is 11.3 Å². The Kier molecular flexibility index (Phi) is 3.42. The Bertz CT molecular complexity index is 586. The first-order valence-electron chi connectivity index (χ1n) is 5.68. The molecule has 1 N–H and O–H groups in total. The van der Waals surface area contributed by atoms with E-state index < -0.39 is 0 Å². The van der Waals surface area contributed by atoms with Crippen LogP contribution in [0.3, 0.4) is 0 Å². The van der Waals surface area contributed by atoms with E-state index in [1.165, 1.54) is 11.3 Å². The molecule has 0 bridgehead atoms. The molecule has 2 rings (SSSR count). The molecule has 0 radical (unpaired) electrons. The Balaban J connectivity index is 2.26. The molecule has 0 unspecified atom stereocenters. The van der Waals surface area contributed by atoms with E-state index in [9.17, 15) is 4.79 Å². The number of carbonyl (C=O) groups is 1. The first-order chi connectivity index (χ1) is 8.52. The van der Waals surface area contributed by atoms with Gasteiger partial charge in [-0.15, -0.1) is 10.2 Å². The van der Waals surface area contributed by atoms with Crippen molar-refractivity contribution in [1.82, 2.24) is 20.0 Å². The summed E-state index contributed by atoms with van der Waals surface area (Å²) in [7, 11) is 0. The fraction of sp³-hybridized carbons (Fsp3) is 0.455. The van der Waals surface area contributed by atoms with E-state index in [4.69, 9.17) is 0 Å². The van der Waals surface area contributed by atoms with Crippen LogP contribution in [0.5, 0.6) is 0 Å². The van der Waals surface area contributed by atoms with E-state index in [0.29, 0.717) is 10.7 Å². The topological polar surface area (TPSA) is 72.7 Å². The molecule has 96 valence electrons. The van der Waals surface area contributed by atoms with Crippen molar-refractivity contribution in [3.63, 3.8) is 0 Å². The molecule has 18 heavy (non-hydrogen) atoms. The van der Waals surface area contributed by atoms with Crippen LogP contribution < -0.4 is 5.32 Å². The van der Waals surface area contributed by atoms with Crippen LogP contribution in [0.1, 0.15) is 33.7 Å². The van der Waals surface area contributed by atoms with Crippen molar-refractivity contribution >= 4 is 22.4 Å². The van der Waals surface area contributed by atoms with Gasteiger partial charge in [-0.25, -0.2) is 0 Å². The van der Waals surface area contributed by atoms with E-state index in [1.54, 1.807) is 0 Å². The summed E-state index contributed by atoms with van der Waals surface area (Å²) < 4.78 is 1.82. The minimum absolute atomic E-state index is 0.180. The lowest BCUT2D eigenvalue weighted by atomic mass is 10.2. The van der Waals surface area contributed by atoms with Gasteiger partial charge in [-0.1, -0.05) is 11.3 Å². The number of rotatable bonds is 3. The molecule has 0 aliphatic heterocycles. The Hall–Kier alpha value is -1.76. The van der Waals surface area contributed by atoms with E-state index in [-0.39, 0.29) is 5.91 Å². The molecule has 6 nitrogen and oxygen atoms in total. The van der Waals surface area contributed by atoms with Crippen molar-refractivity contribution in [3.8, 4) is 0 Å². The number of hydrogen-bond acceptors (Lipinski definition) is 5. The summed E-state index contributed by atoms with van der Waals surface area (Å²) in [4.78, 5) is 12.2. The normalized spacial score (nSPS) is 10.7. The Morgan fingerprint density at radius 3 is 2.56 bits per heavy atom. The van der Waals surface area contributed by atoms with E-state index >= 15 is 0 Å². The predicted octanol–water partition coefficient (Wildman–Crippen LogP) is 1.93. The summed E-state index contributed by atoms with van der Waals surface area (Å²) >= 11 is 1.35. The second-order valence-electron chi connectivity index (χ2n) is 3.94. The Morgan fingerprint density at radius 2 is 2.06 bits per heavy atom. The number of anilines is 1. The first-order valence-corrected chi connectivity index (χ1v) is 6.50. The highest BCUT2D eigenvalue weighted by molar-refractivity contribution is 7.15. The van der Waals surface area contributed by atoms with E-state index in [1.807, 2.05) is 32.4 Å². The lowest BCUT2D eigenvalue weighted by molar-refractivity contribution is 0.102. The third kappa shape index (κ3) is 2.26. The van der Waals surface area contributed by atoms with Crippen LogP contribution in [0.25, 0.3) is 0 Å². The van der Waals surface area contributed by atoms with Gasteiger partial charge in [0.1, 0.15) is 5.01 Å². The highest BCUT2D eigenvalue weighted by Gasteiger charge is 2.19. The van der Waals surface area contributed by atoms with Crippen LogP contribution in [0.4, 0.5) is 5.13 Å². The van der Waals surface area contributed by atoms with Gasteiger partial charge < -0.3 is 0 Å². The van der Waals surface area contributed by atoms with Gasteiger partial charge in [-0.3, -0.25) is 14.8 Å². The maximum Gasteiger partial charge on any atom is 0.261 e. The molecule has 0 fully saturated rings. The molecule has 0 spiro atoms. The van der Waals surface area contributed by atoms with Crippen LogP contribution in [-0.4, -0.2) is 25.9 Å². The zero-order chi connectivity index (χ0) is 13.3. The maximum absolute atomic E-state index is 12.2. The number of aromatic nitrogens is 4. The van der Waals surface area contributed by atoms with Gasteiger partial charge in [0.15, 0.2) is 0 Å². The molecule has 0 aromatic carbocycles. The second-order valence-corrected chi connectivity index (χ2v) is 5.12. The highest BCUT2D eigenvalue weighted by atomic mass is 32.1. The van der Waals surface area contributed by atoms with Gasteiger partial charge in [0.25, 0.3) is 5.91 Å². The summed E-state index contributed by atoms with van der Waals surface area (Å²) in [6.45, 7) is 8.31. The summed E-state index contributed by atoms with van der Waals surface area (Å²) in [6, 6.07) is 0. The minimum atomic E-state index is -0.180. The molecule has 0 saturated carbocycles. The standard InChI is InChI=1S/C11H15N5OS/c1-5-16-7(3)9(6(2)15-16)10(17)12-11-14-13-8(4)18-11/h5H2,1-4H3,(H,12,14,17). The summed E-state index contributed by atoms with van der Waals surface area (Å²) in [6.07, 6.45) is 0. The molecule has 0 saturated heterocycles. The van der Waals surface area contributed by atoms with Crippen molar-refractivity contribution in [3.05, 3.63) is 22.0 Å². The molecule has 0 aliphatic carbocycles. The molecule has 2 aromatic rings. The minimum Gasteiger partial charge on any atom is -0.296 e. The zero-order valence-electron chi connectivity index (χ0n) is 10.8. The van der Waals surface area contributed by atoms with Crippen LogP contribution in [-0.2, 0) is 6.54 Å². The van der Waals surface area contributed by atoms with Crippen molar-refractivity contribution in [2.75, 3.05) is 5.32 Å². The summed E-state index contributed by atoms with van der Waals surface area (Å²) in [5.41, 5.74) is 2.21. The molecule has 2 aromatic heterocycles. The molecule has 7 heteroatoms. The number of aryl methyl sites for hydroxylation is 3. The number of carbonyl (C=O) groups excluding carboxylic acids is 1. The van der Waals surface area contributed by atoms with Gasteiger partial charge in [0, 0.05) is 12.2 Å². The lowest BCUT2D eigenvalue weighted by Crippen LogP contribution is -2.14. The highest BCUT2D eigenvalue weighted by Crippen LogP contribution is 2.18. The van der Waals surface area contributed by atoms with Crippen molar-refractivity contribution < 1.29 is 4.79 Å². The van der Waals surface area contributed by atoms with E-state index in [0.717, 1.165) is 22.9 Å². The Morgan fingerprint density at radius 1 is 1.33 bits per heavy atom. The summed E-state index contributed by atoms with van der Waals surface area (Å²) in [5, 5.41) is 16.1. The van der Waals surface area contributed by atoms with Crippen molar-refractivity contribution in [2.24, 2.45) is 0 Å². The summed E-state index contributed by atoms with van der Waals surface area (Å²) in [5.74, 6) is -0.180. The van der Waals surface area contributed by atoms with Crippen molar-refractivity contribution in [1.29, 1.82) is 0 Å². The zero-order valence-corrected chi connectivity index (χ0v) is 11.6. The molecule has 2 heterocycles. The first kappa shape index (κ1) is 12.7. The number of amides is 1. The third-order valence-corrected chi connectivity index (χ3v) is 3.41. The van der Waals surface area contributed by atoms with Gasteiger partial charge in [-0.2, -0.15) is 5.10 Å². The molecular weight excluding hydrogens is 250 g/mol. The molecule has 0 aliphatic rings. The second kappa shape index (κ2) is 4.85. The molecule has 0 atom stereocenters. The van der Waals surface area contributed by atoms with Gasteiger partial charge in [-0.05, 0) is 27.7 Å². The van der Waals surface area contributed by atoms with Crippen LogP contribution in [0.15, 0.2) is 0 Å². The average Bonchev–Trinajstić information content (AvgIpc) is 2.83. The maximum atomic E-state index is 12.2. The largest absolute Gasteiger partial charge is 0.296 e. The third-order valence-electron chi connectivity index (χ3n) is 2.65. The smallest absolute Gasteiger partial charge is 0.261 e. The van der Waals surface area contributed by atoms with Crippen LogP contribution in [0.2, 0.25) is 0 Å².